The Bertz CT molecular complexity index is 594. The molecule has 2 unspecified atom stereocenters. The maximum Gasteiger partial charge on any atom is 0.0484 e. The molecule has 0 amide bonds. The van der Waals surface area contributed by atoms with Crippen molar-refractivity contribution in [2.24, 2.45) is 5.73 Å². The zero-order chi connectivity index (χ0) is 14.7. The van der Waals surface area contributed by atoms with Crippen molar-refractivity contribution in [2.75, 3.05) is 0 Å². The second kappa shape index (κ2) is 5.98. The maximum atomic E-state index is 6.88. The lowest BCUT2D eigenvalue weighted by atomic mass is 9.70. The quantitative estimate of drug-likeness (QED) is 0.924. The number of nitrogens with zero attached hydrogens (tertiary/aromatic N) is 1. The second-order valence-corrected chi connectivity index (χ2v) is 6.24. The van der Waals surface area contributed by atoms with Crippen molar-refractivity contribution in [3.05, 3.63) is 65.5 Å². The van der Waals surface area contributed by atoms with Gasteiger partial charge in [0, 0.05) is 23.3 Å². The van der Waals surface area contributed by atoms with Crippen LogP contribution < -0.4 is 5.73 Å². The van der Waals surface area contributed by atoms with Gasteiger partial charge in [-0.25, -0.2) is 0 Å². The monoisotopic (exact) mass is 280 g/mol. The standard InChI is InChI=1S/C19H24N2/c1-2-19(20,14-15-8-4-3-5-9-15)17-12-6-10-16-11-7-13-21-18(16)17/h3-5,7-9,11,13,17H,2,6,10,12,14,20H2,1H3. The average molecular weight is 280 g/mol. The van der Waals surface area contributed by atoms with E-state index in [-0.39, 0.29) is 5.54 Å². The molecule has 2 heteroatoms. The SMILES string of the molecule is CCC(N)(Cc1ccccc1)C1CCCc2cccnc21. The van der Waals surface area contributed by atoms with Crippen molar-refractivity contribution in [1.82, 2.24) is 4.98 Å². The number of aryl methyl sites for hydroxylation is 1. The van der Waals surface area contributed by atoms with E-state index >= 15 is 0 Å². The fourth-order valence-electron chi connectivity index (χ4n) is 3.64. The van der Waals surface area contributed by atoms with Crippen LogP contribution in [0, 0.1) is 0 Å². The van der Waals surface area contributed by atoms with E-state index in [1.54, 1.807) is 0 Å². The number of fused-ring (bicyclic) bond motifs is 1. The van der Waals surface area contributed by atoms with Gasteiger partial charge in [-0.3, -0.25) is 4.98 Å². The first-order chi connectivity index (χ1) is 10.2. The molecule has 1 aliphatic carbocycles. The number of aromatic nitrogens is 1. The van der Waals surface area contributed by atoms with Gasteiger partial charge in [-0.05, 0) is 49.3 Å². The third-order valence-corrected chi connectivity index (χ3v) is 4.92. The average Bonchev–Trinajstić information content (AvgIpc) is 2.55. The Kier molecular flexibility index (Phi) is 4.07. The second-order valence-electron chi connectivity index (χ2n) is 6.24. The molecule has 2 nitrogen and oxygen atoms in total. The molecule has 2 N–H and O–H groups in total. The van der Waals surface area contributed by atoms with E-state index < -0.39 is 0 Å². The van der Waals surface area contributed by atoms with Crippen LogP contribution in [0.25, 0.3) is 0 Å². The Hall–Kier alpha value is -1.67. The molecule has 3 rings (SSSR count). The lowest BCUT2D eigenvalue weighted by molar-refractivity contribution is 0.295. The Morgan fingerprint density at radius 2 is 2.00 bits per heavy atom. The van der Waals surface area contributed by atoms with Gasteiger partial charge in [-0.1, -0.05) is 43.3 Å². The van der Waals surface area contributed by atoms with Crippen molar-refractivity contribution in [2.45, 2.75) is 50.5 Å². The van der Waals surface area contributed by atoms with E-state index in [1.807, 2.05) is 12.3 Å². The molecule has 1 heterocycles. The topological polar surface area (TPSA) is 38.9 Å². The molecule has 110 valence electrons. The smallest absolute Gasteiger partial charge is 0.0484 e. The molecule has 1 aromatic heterocycles. The predicted molar refractivity (Wildman–Crippen MR) is 87.3 cm³/mol. The van der Waals surface area contributed by atoms with Gasteiger partial charge >= 0.3 is 0 Å². The summed E-state index contributed by atoms with van der Waals surface area (Å²) >= 11 is 0. The molecule has 0 saturated carbocycles. The third-order valence-electron chi connectivity index (χ3n) is 4.92. The largest absolute Gasteiger partial charge is 0.324 e. The van der Waals surface area contributed by atoms with Crippen LogP contribution in [-0.2, 0) is 12.8 Å². The number of nitrogens with two attached hydrogens (primary N) is 1. The van der Waals surface area contributed by atoms with Crippen LogP contribution in [0.1, 0.15) is 48.9 Å². The number of hydrogen-bond acceptors (Lipinski definition) is 2. The minimum Gasteiger partial charge on any atom is -0.324 e. The molecule has 0 fully saturated rings. The number of rotatable bonds is 4. The normalized spacial score (nSPS) is 20.6. The van der Waals surface area contributed by atoms with Crippen LogP contribution in [0.2, 0.25) is 0 Å². The Labute approximate surface area is 127 Å². The number of benzene rings is 1. The summed E-state index contributed by atoms with van der Waals surface area (Å²) in [6.45, 7) is 2.21. The van der Waals surface area contributed by atoms with E-state index in [4.69, 9.17) is 5.73 Å². The van der Waals surface area contributed by atoms with E-state index in [0.29, 0.717) is 5.92 Å². The van der Waals surface area contributed by atoms with Crippen LogP contribution in [0.4, 0.5) is 0 Å². The van der Waals surface area contributed by atoms with Crippen molar-refractivity contribution in [3.63, 3.8) is 0 Å². The maximum absolute atomic E-state index is 6.88. The Morgan fingerprint density at radius 1 is 1.19 bits per heavy atom. The molecule has 0 saturated heterocycles. The van der Waals surface area contributed by atoms with Crippen molar-refractivity contribution in [3.8, 4) is 0 Å². The van der Waals surface area contributed by atoms with Gasteiger partial charge < -0.3 is 5.73 Å². The summed E-state index contributed by atoms with van der Waals surface area (Å²) < 4.78 is 0. The van der Waals surface area contributed by atoms with Crippen LogP contribution in [0.5, 0.6) is 0 Å². The molecule has 1 aliphatic rings. The summed E-state index contributed by atoms with van der Waals surface area (Å²) in [5.41, 5.74) is 10.6. The summed E-state index contributed by atoms with van der Waals surface area (Å²) in [6, 6.07) is 14.9. The van der Waals surface area contributed by atoms with E-state index in [0.717, 1.165) is 25.7 Å². The number of pyridine rings is 1. The zero-order valence-corrected chi connectivity index (χ0v) is 12.8. The summed E-state index contributed by atoms with van der Waals surface area (Å²) in [5, 5.41) is 0. The summed E-state index contributed by atoms with van der Waals surface area (Å²) in [4.78, 5) is 4.68. The molecule has 0 aliphatic heterocycles. The minimum absolute atomic E-state index is 0.203. The molecule has 2 atom stereocenters. The van der Waals surface area contributed by atoms with Crippen LogP contribution in [0.15, 0.2) is 48.7 Å². The predicted octanol–water partition coefficient (Wildman–Crippen LogP) is 3.85. The highest BCUT2D eigenvalue weighted by atomic mass is 14.8. The van der Waals surface area contributed by atoms with Crippen LogP contribution >= 0.6 is 0 Å². The highest BCUT2D eigenvalue weighted by molar-refractivity contribution is 5.31. The van der Waals surface area contributed by atoms with Crippen molar-refractivity contribution < 1.29 is 0 Å². The fourth-order valence-corrected chi connectivity index (χ4v) is 3.64. The van der Waals surface area contributed by atoms with Gasteiger partial charge in [0.25, 0.3) is 0 Å². The molecular formula is C19H24N2. The Morgan fingerprint density at radius 3 is 2.76 bits per heavy atom. The Balaban J connectivity index is 1.93. The summed E-state index contributed by atoms with van der Waals surface area (Å²) in [5.74, 6) is 0.368. The molecule has 2 aromatic rings. The zero-order valence-electron chi connectivity index (χ0n) is 12.8. The summed E-state index contributed by atoms with van der Waals surface area (Å²) in [6.07, 6.45) is 7.33. The van der Waals surface area contributed by atoms with Gasteiger partial charge in [-0.15, -0.1) is 0 Å². The highest BCUT2D eigenvalue weighted by Gasteiger charge is 2.37. The molecule has 21 heavy (non-hydrogen) atoms. The lowest BCUT2D eigenvalue weighted by Gasteiger charge is -2.40. The third kappa shape index (κ3) is 2.86. The van der Waals surface area contributed by atoms with Crippen LogP contribution in [-0.4, -0.2) is 10.5 Å². The van der Waals surface area contributed by atoms with Gasteiger partial charge in [0.2, 0.25) is 0 Å². The molecule has 0 bridgehead atoms. The van der Waals surface area contributed by atoms with E-state index in [2.05, 4.69) is 48.3 Å². The van der Waals surface area contributed by atoms with Crippen molar-refractivity contribution >= 4 is 0 Å². The first kappa shape index (κ1) is 14.3. The molecule has 0 spiro atoms. The van der Waals surface area contributed by atoms with E-state index in [9.17, 15) is 0 Å². The minimum atomic E-state index is -0.203. The van der Waals surface area contributed by atoms with Gasteiger partial charge in [0.15, 0.2) is 0 Å². The van der Waals surface area contributed by atoms with Gasteiger partial charge in [0.05, 0.1) is 0 Å². The molecular weight excluding hydrogens is 256 g/mol. The van der Waals surface area contributed by atoms with Gasteiger partial charge in [0.1, 0.15) is 0 Å². The fraction of sp³-hybridized carbons (Fsp3) is 0.421. The first-order valence-electron chi connectivity index (χ1n) is 7.99. The lowest BCUT2D eigenvalue weighted by Crippen LogP contribution is -2.48. The summed E-state index contributed by atoms with van der Waals surface area (Å²) in [7, 11) is 0. The number of hydrogen-bond donors (Lipinski definition) is 1. The molecule has 0 radical (unpaired) electrons. The van der Waals surface area contributed by atoms with Crippen molar-refractivity contribution in [1.29, 1.82) is 0 Å². The van der Waals surface area contributed by atoms with Gasteiger partial charge in [-0.2, -0.15) is 0 Å². The highest BCUT2D eigenvalue weighted by Crippen LogP contribution is 2.39. The van der Waals surface area contributed by atoms with E-state index in [1.165, 1.54) is 23.2 Å². The molecule has 1 aromatic carbocycles. The van der Waals surface area contributed by atoms with Crippen LogP contribution in [0.3, 0.4) is 0 Å². The first-order valence-corrected chi connectivity index (χ1v) is 7.99.